The van der Waals surface area contributed by atoms with E-state index in [0.29, 0.717) is 43.4 Å². The highest BCUT2D eigenvalue weighted by molar-refractivity contribution is 5.90. The Balaban J connectivity index is 1.12. The van der Waals surface area contributed by atoms with Crippen molar-refractivity contribution in [2.24, 2.45) is 5.92 Å². The first-order valence-electron chi connectivity index (χ1n) is 13.0. The van der Waals surface area contributed by atoms with Crippen molar-refractivity contribution in [1.29, 1.82) is 0 Å². The van der Waals surface area contributed by atoms with Crippen LogP contribution in [0, 0.1) is 5.92 Å². The van der Waals surface area contributed by atoms with Crippen molar-refractivity contribution in [2.45, 2.75) is 6.04 Å². The Morgan fingerprint density at radius 3 is 2.40 bits per heavy atom. The van der Waals surface area contributed by atoms with Crippen LogP contribution in [0.25, 0.3) is 22.3 Å². The molecule has 11 heteroatoms. The minimum Gasteiger partial charge on any atom is -0.497 e. The van der Waals surface area contributed by atoms with Crippen molar-refractivity contribution in [3.05, 3.63) is 67.6 Å². The number of fused-ring (bicyclic) bond motifs is 1. The summed E-state index contributed by atoms with van der Waals surface area (Å²) in [6.07, 6.45) is 6.75. The van der Waals surface area contributed by atoms with Crippen LogP contribution in [0.1, 0.15) is 6.04 Å². The average Bonchev–Trinajstić information content (AvgIpc) is 3.40. The zero-order valence-corrected chi connectivity index (χ0v) is 22.3. The van der Waals surface area contributed by atoms with Gasteiger partial charge in [0.15, 0.2) is 0 Å². The molecule has 0 saturated carbocycles. The third-order valence-electron chi connectivity index (χ3n) is 7.34. The van der Waals surface area contributed by atoms with Crippen LogP contribution in [0.15, 0.2) is 67.6 Å². The fourth-order valence-electron chi connectivity index (χ4n) is 4.95. The van der Waals surface area contributed by atoms with Crippen LogP contribution in [-0.4, -0.2) is 81.8 Å². The Hall–Kier alpha value is -4.93. The number of amides is 2. The zero-order valence-electron chi connectivity index (χ0n) is 22.3. The van der Waals surface area contributed by atoms with Crippen LogP contribution in [-0.2, 0) is 9.59 Å². The van der Waals surface area contributed by atoms with E-state index in [4.69, 9.17) is 14.5 Å². The van der Waals surface area contributed by atoms with Gasteiger partial charge in [-0.1, -0.05) is 6.58 Å². The number of hydrogen-bond donors (Lipinski definition) is 1. The lowest BCUT2D eigenvalue weighted by Gasteiger charge is -2.45. The predicted molar refractivity (Wildman–Crippen MR) is 149 cm³/mol. The summed E-state index contributed by atoms with van der Waals surface area (Å²) in [6.45, 7) is 5.61. The summed E-state index contributed by atoms with van der Waals surface area (Å²) >= 11 is 0. The maximum Gasteiger partial charge on any atom is 0.246 e. The number of methoxy groups -OCH3 is 2. The normalized spacial score (nSPS) is 15.3. The van der Waals surface area contributed by atoms with Gasteiger partial charge in [-0.3, -0.25) is 19.3 Å². The molecule has 2 aliphatic rings. The molecule has 1 N–H and O–H groups in total. The van der Waals surface area contributed by atoms with Crippen molar-refractivity contribution < 1.29 is 19.1 Å². The van der Waals surface area contributed by atoms with Gasteiger partial charge in [-0.05, 0) is 24.3 Å². The molecule has 204 valence electrons. The van der Waals surface area contributed by atoms with Gasteiger partial charge in [0.2, 0.25) is 11.8 Å². The number of rotatable bonds is 8. The van der Waals surface area contributed by atoms with E-state index in [9.17, 15) is 9.59 Å². The standard InChI is InChI=1S/C29H29N7O4/c1-4-28(37)34-13-19(14-34)29(38)35-16-22(17-35)36-15-18(11-31-36)27-12-30-25-6-5-20(9-26(25)33-27)32-21-7-23(39-2)10-24(8-21)40-3/h4-12,15,19,22,32H,1,13-14,16-17H2,2-3H3. The molecular formula is C29H29N7O4. The Labute approximate surface area is 231 Å². The minimum absolute atomic E-state index is 0.0916. The molecule has 2 fully saturated rings. The van der Waals surface area contributed by atoms with E-state index >= 15 is 0 Å². The lowest BCUT2D eigenvalue weighted by molar-refractivity contribution is -0.150. The lowest BCUT2D eigenvalue weighted by atomic mass is 9.95. The summed E-state index contributed by atoms with van der Waals surface area (Å²) in [6, 6.07) is 11.5. The summed E-state index contributed by atoms with van der Waals surface area (Å²) in [5, 5.41) is 7.91. The largest absolute Gasteiger partial charge is 0.497 e. The van der Waals surface area contributed by atoms with Gasteiger partial charge in [0.05, 0.1) is 55.3 Å². The lowest BCUT2D eigenvalue weighted by Crippen LogP contribution is -2.60. The maximum absolute atomic E-state index is 12.7. The molecular weight excluding hydrogens is 510 g/mol. The molecule has 2 saturated heterocycles. The highest BCUT2D eigenvalue weighted by Gasteiger charge is 2.41. The quantitative estimate of drug-likeness (QED) is 0.339. The summed E-state index contributed by atoms with van der Waals surface area (Å²) in [5.41, 5.74) is 4.78. The molecule has 0 spiro atoms. The average molecular weight is 540 g/mol. The second-order valence-electron chi connectivity index (χ2n) is 9.94. The monoisotopic (exact) mass is 539 g/mol. The molecule has 2 amide bonds. The Kier molecular flexibility index (Phi) is 6.54. The fourth-order valence-corrected chi connectivity index (χ4v) is 4.95. The van der Waals surface area contributed by atoms with Crippen molar-refractivity contribution in [3.8, 4) is 22.8 Å². The number of benzene rings is 2. The fraction of sp³-hybridized carbons (Fsp3) is 0.276. The van der Waals surface area contributed by atoms with Gasteiger partial charge in [0, 0.05) is 67.5 Å². The van der Waals surface area contributed by atoms with Crippen LogP contribution in [0.5, 0.6) is 11.5 Å². The Morgan fingerprint density at radius 2 is 1.70 bits per heavy atom. The van der Waals surface area contributed by atoms with Gasteiger partial charge < -0.3 is 24.6 Å². The number of carbonyl (C=O) groups excluding carboxylic acids is 2. The summed E-state index contributed by atoms with van der Waals surface area (Å²) in [7, 11) is 3.23. The third-order valence-corrected chi connectivity index (χ3v) is 7.34. The number of nitrogens with one attached hydrogen (secondary N) is 1. The van der Waals surface area contributed by atoms with Crippen molar-refractivity contribution in [2.75, 3.05) is 45.7 Å². The molecule has 4 heterocycles. The van der Waals surface area contributed by atoms with E-state index in [2.05, 4.69) is 22.0 Å². The van der Waals surface area contributed by atoms with Crippen LogP contribution >= 0.6 is 0 Å². The molecule has 2 aliphatic heterocycles. The van der Waals surface area contributed by atoms with E-state index < -0.39 is 0 Å². The molecule has 11 nitrogen and oxygen atoms in total. The number of anilines is 2. The highest BCUT2D eigenvalue weighted by atomic mass is 16.5. The predicted octanol–water partition coefficient (Wildman–Crippen LogP) is 3.28. The van der Waals surface area contributed by atoms with Gasteiger partial charge in [0.25, 0.3) is 0 Å². The molecule has 2 aromatic carbocycles. The second-order valence-corrected chi connectivity index (χ2v) is 9.94. The molecule has 0 aliphatic carbocycles. The molecule has 40 heavy (non-hydrogen) atoms. The van der Waals surface area contributed by atoms with Gasteiger partial charge in [-0.15, -0.1) is 0 Å². The Bertz CT molecular complexity index is 1580. The number of ether oxygens (including phenoxy) is 2. The highest BCUT2D eigenvalue weighted by Crippen LogP contribution is 2.30. The second kappa shape index (κ2) is 10.3. The smallest absolute Gasteiger partial charge is 0.246 e. The first-order valence-corrected chi connectivity index (χ1v) is 13.0. The van der Waals surface area contributed by atoms with E-state index in [-0.39, 0.29) is 23.8 Å². The maximum atomic E-state index is 12.7. The van der Waals surface area contributed by atoms with Crippen LogP contribution in [0.3, 0.4) is 0 Å². The summed E-state index contributed by atoms with van der Waals surface area (Å²) < 4.78 is 12.6. The summed E-state index contributed by atoms with van der Waals surface area (Å²) in [4.78, 5) is 37.2. The van der Waals surface area contributed by atoms with E-state index in [0.717, 1.165) is 28.0 Å². The molecule has 4 aromatic rings. The third kappa shape index (κ3) is 4.81. The van der Waals surface area contributed by atoms with E-state index in [1.165, 1.54) is 6.08 Å². The van der Waals surface area contributed by atoms with Crippen LogP contribution in [0.2, 0.25) is 0 Å². The molecule has 0 radical (unpaired) electrons. The number of nitrogens with zero attached hydrogens (tertiary/aromatic N) is 6. The molecule has 6 rings (SSSR count). The van der Waals surface area contributed by atoms with Crippen molar-refractivity contribution in [1.82, 2.24) is 29.5 Å². The van der Waals surface area contributed by atoms with Crippen LogP contribution in [0.4, 0.5) is 11.4 Å². The van der Waals surface area contributed by atoms with Gasteiger partial charge in [-0.25, -0.2) is 4.98 Å². The number of likely N-dealkylation sites (tertiary alicyclic amines) is 2. The first-order chi connectivity index (χ1) is 19.4. The van der Waals surface area contributed by atoms with Crippen molar-refractivity contribution in [3.63, 3.8) is 0 Å². The molecule has 0 atom stereocenters. The topological polar surface area (TPSA) is 115 Å². The minimum atomic E-state index is -0.128. The van der Waals surface area contributed by atoms with E-state index in [1.807, 2.05) is 52.2 Å². The van der Waals surface area contributed by atoms with Crippen LogP contribution < -0.4 is 14.8 Å². The number of aromatic nitrogens is 4. The first kappa shape index (κ1) is 25.4. The molecule has 2 aromatic heterocycles. The van der Waals surface area contributed by atoms with Crippen molar-refractivity contribution >= 4 is 34.2 Å². The van der Waals surface area contributed by atoms with Gasteiger partial charge in [0.1, 0.15) is 11.5 Å². The van der Waals surface area contributed by atoms with E-state index in [1.54, 1.807) is 31.5 Å². The van der Waals surface area contributed by atoms with Gasteiger partial charge in [-0.2, -0.15) is 5.10 Å². The van der Waals surface area contributed by atoms with Gasteiger partial charge >= 0.3 is 0 Å². The Morgan fingerprint density at radius 1 is 0.950 bits per heavy atom. The molecule has 0 unspecified atom stereocenters. The number of hydrogen-bond acceptors (Lipinski definition) is 8. The SMILES string of the molecule is C=CC(=O)N1CC(C(=O)N2CC(n3cc(-c4cnc5ccc(Nc6cc(OC)cc(OC)c6)cc5n4)cn3)C2)C1. The zero-order chi connectivity index (χ0) is 27.8. The molecule has 0 bridgehead atoms. The number of carbonyl (C=O) groups is 2. The summed E-state index contributed by atoms with van der Waals surface area (Å²) in [5.74, 6) is 1.22.